The molecule has 0 amide bonds. The molecule has 1 saturated carbocycles. The predicted molar refractivity (Wildman–Crippen MR) is 62.2 cm³/mol. The van der Waals surface area contributed by atoms with E-state index in [0.717, 1.165) is 19.0 Å². The molecule has 1 aliphatic heterocycles. The van der Waals surface area contributed by atoms with Crippen molar-refractivity contribution in [3.63, 3.8) is 0 Å². The van der Waals surface area contributed by atoms with E-state index >= 15 is 0 Å². The summed E-state index contributed by atoms with van der Waals surface area (Å²) in [5, 5.41) is 3.22. The zero-order valence-corrected chi connectivity index (χ0v) is 9.66. The van der Waals surface area contributed by atoms with Gasteiger partial charge in [0.25, 0.3) is 5.88 Å². The standard InChI is InChI=1S/C7H8FN3O.C4H9N/c8-5-3-10-7(9)11-6(5)12-4-1-2-4;1-2-4-5-3-1/h3-4H,1-2H2,(H2,9,10,11);5H,1-4H2. The quantitative estimate of drug-likeness (QED) is 0.810. The molecule has 5 nitrogen and oxygen atoms in total. The lowest BCUT2D eigenvalue weighted by Crippen LogP contribution is -2.04. The largest absolute Gasteiger partial charge is 0.472 e. The van der Waals surface area contributed by atoms with Crippen molar-refractivity contribution < 1.29 is 9.13 Å². The molecule has 3 rings (SSSR count). The molecule has 0 bridgehead atoms. The van der Waals surface area contributed by atoms with Crippen molar-refractivity contribution in [3.8, 4) is 5.88 Å². The number of nitrogens with one attached hydrogen (secondary N) is 1. The second kappa shape index (κ2) is 5.77. The predicted octanol–water partition coefficient (Wildman–Crippen LogP) is 1.11. The highest BCUT2D eigenvalue weighted by Crippen LogP contribution is 2.26. The fourth-order valence-corrected chi connectivity index (χ4v) is 1.42. The molecule has 1 aromatic rings. The van der Waals surface area contributed by atoms with Crippen molar-refractivity contribution in [2.75, 3.05) is 18.8 Å². The van der Waals surface area contributed by atoms with Gasteiger partial charge in [0.2, 0.25) is 11.8 Å². The zero-order chi connectivity index (χ0) is 12.1. The van der Waals surface area contributed by atoms with Gasteiger partial charge in [-0.05, 0) is 38.8 Å². The Bertz CT molecular complexity index is 359. The fourth-order valence-electron chi connectivity index (χ4n) is 1.42. The number of rotatable bonds is 2. The number of nitrogen functional groups attached to an aromatic ring is 1. The third-order valence-electron chi connectivity index (χ3n) is 2.49. The summed E-state index contributed by atoms with van der Waals surface area (Å²) in [5.41, 5.74) is 5.25. The van der Waals surface area contributed by atoms with Crippen LogP contribution in [-0.2, 0) is 0 Å². The van der Waals surface area contributed by atoms with Crippen LogP contribution in [0.1, 0.15) is 25.7 Å². The van der Waals surface area contributed by atoms with Gasteiger partial charge in [-0.15, -0.1) is 0 Å². The van der Waals surface area contributed by atoms with Crippen LogP contribution in [0.5, 0.6) is 5.88 Å². The van der Waals surface area contributed by atoms with Gasteiger partial charge in [-0.25, -0.2) is 4.98 Å². The van der Waals surface area contributed by atoms with Crippen molar-refractivity contribution in [2.45, 2.75) is 31.8 Å². The van der Waals surface area contributed by atoms with E-state index in [1.54, 1.807) is 0 Å². The Morgan fingerprint density at radius 3 is 2.59 bits per heavy atom. The molecule has 2 fully saturated rings. The van der Waals surface area contributed by atoms with Crippen molar-refractivity contribution in [1.29, 1.82) is 0 Å². The first-order chi connectivity index (χ1) is 8.25. The summed E-state index contributed by atoms with van der Waals surface area (Å²) in [5.74, 6) is -0.562. The van der Waals surface area contributed by atoms with Gasteiger partial charge in [0.05, 0.1) is 6.20 Å². The lowest BCUT2D eigenvalue weighted by Gasteiger charge is -2.03. The second-order valence-electron chi connectivity index (χ2n) is 4.16. The van der Waals surface area contributed by atoms with Gasteiger partial charge in [0.15, 0.2) is 0 Å². The van der Waals surface area contributed by atoms with Gasteiger partial charge in [-0.3, -0.25) is 0 Å². The molecule has 94 valence electrons. The maximum absolute atomic E-state index is 12.9. The van der Waals surface area contributed by atoms with E-state index < -0.39 is 5.82 Å². The number of hydrogen-bond donors (Lipinski definition) is 2. The normalized spacial score (nSPS) is 18.4. The van der Waals surface area contributed by atoms with Gasteiger partial charge in [0.1, 0.15) is 6.10 Å². The summed E-state index contributed by atoms with van der Waals surface area (Å²) in [4.78, 5) is 7.10. The smallest absolute Gasteiger partial charge is 0.255 e. The van der Waals surface area contributed by atoms with Gasteiger partial charge in [0, 0.05) is 0 Å². The van der Waals surface area contributed by atoms with E-state index in [4.69, 9.17) is 10.5 Å². The SMILES string of the molecule is C1CCNC1.Nc1ncc(F)c(OC2CC2)n1. The van der Waals surface area contributed by atoms with Crippen LogP contribution in [-0.4, -0.2) is 29.2 Å². The molecule has 2 heterocycles. The molecule has 6 heteroatoms. The van der Waals surface area contributed by atoms with Gasteiger partial charge in [-0.1, -0.05) is 0 Å². The van der Waals surface area contributed by atoms with E-state index in [-0.39, 0.29) is 17.9 Å². The molecular weight excluding hydrogens is 223 g/mol. The summed E-state index contributed by atoms with van der Waals surface area (Å²) in [6, 6.07) is 0. The van der Waals surface area contributed by atoms with Gasteiger partial charge >= 0.3 is 0 Å². The Hall–Kier alpha value is -1.43. The van der Waals surface area contributed by atoms with Crippen LogP contribution in [0.4, 0.5) is 10.3 Å². The summed E-state index contributed by atoms with van der Waals surface area (Å²) in [6.07, 6.45) is 5.83. The maximum Gasteiger partial charge on any atom is 0.255 e. The number of ether oxygens (including phenoxy) is 1. The van der Waals surface area contributed by atoms with E-state index in [9.17, 15) is 4.39 Å². The van der Waals surface area contributed by atoms with E-state index in [0.29, 0.717) is 0 Å². The van der Waals surface area contributed by atoms with Crippen LogP contribution in [0.25, 0.3) is 0 Å². The average molecular weight is 240 g/mol. The highest BCUT2D eigenvalue weighted by atomic mass is 19.1. The summed E-state index contributed by atoms with van der Waals surface area (Å²) >= 11 is 0. The Kier molecular flexibility index (Phi) is 4.08. The van der Waals surface area contributed by atoms with Crippen molar-refractivity contribution in [3.05, 3.63) is 12.0 Å². The molecule has 0 unspecified atom stereocenters. The number of nitrogens with two attached hydrogens (primary N) is 1. The Balaban J connectivity index is 0.000000181. The first-order valence-corrected chi connectivity index (χ1v) is 5.91. The van der Waals surface area contributed by atoms with Gasteiger partial charge < -0.3 is 15.8 Å². The number of nitrogens with zero attached hydrogens (tertiary/aromatic N) is 2. The molecule has 0 aromatic carbocycles. The fraction of sp³-hybridized carbons (Fsp3) is 0.636. The first-order valence-electron chi connectivity index (χ1n) is 5.91. The molecule has 17 heavy (non-hydrogen) atoms. The topological polar surface area (TPSA) is 73.1 Å². The highest BCUT2D eigenvalue weighted by Gasteiger charge is 2.25. The molecule has 1 saturated heterocycles. The van der Waals surface area contributed by atoms with Crippen LogP contribution < -0.4 is 15.8 Å². The van der Waals surface area contributed by atoms with Crippen LogP contribution in [0.2, 0.25) is 0 Å². The molecule has 1 aliphatic carbocycles. The summed E-state index contributed by atoms with van der Waals surface area (Å²) in [6.45, 7) is 2.50. The molecule has 0 atom stereocenters. The van der Waals surface area contributed by atoms with E-state index in [2.05, 4.69) is 15.3 Å². The molecule has 0 spiro atoms. The summed E-state index contributed by atoms with van der Waals surface area (Å²) < 4.78 is 18.0. The minimum absolute atomic E-state index is 0.0343. The minimum Gasteiger partial charge on any atom is -0.472 e. The monoisotopic (exact) mass is 240 g/mol. The Morgan fingerprint density at radius 1 is 1.35 bits per heavy atom. The lowest BCUT2D eigenvalue weighted by molar-refractivity contribution is 0.274. The van der Waals surface area contributed by atoms with Crippen molar-refractivity contribution >= 4 is 5.95 Å². The lowest BCUT2D eigenvalue weighted by atomic mass is 10.4. The third kappa shape index (κ3) is 4.14. The Labute approximate surface area is 99.6 Å². The second-order valence-corrected chi connectivity index (χ2v) is 4.16. The van der Waals surface area contributed by atoms with Gasteiger partial charge in [-0.2, -0.15) is 9.37 Å². The van der Waals surface area contributed by atoms with Crippen molar-refractivity contribution in [1.82, 2.24) is 15.3 Å². The molecule has 2 aliphatic rings. The number of halogens is 1. The van der Waals surface area contributed by atoms with Crippen LogP contribution in [0, 0.1) is 5.82 Å². The number of anilines is 1. The molecule has 1 aromatic heterocycles. The van der Waals surface area contributed by atoms with Crippen LogP contribution >= 0.6 is 0 Å². The molecule has 3 N–H and O–H groups in total. The highest BCUT2D eigenvalue weighted by molar-refractivity contribution is 5.22. The van der Waals surface area contributed by atoms with Crippen molar-refractivity contribution in [2.24, 2.45) is 0 Å². The molecular formula is C11H17FN4O. The van der Waals surface area contributed by atoms with E-state index in [1.807, 2.05) is 0 Å². The first kappa shape index (κ1) is 12.0. The average Bonchev–Trinajstić information content (AvgIpc) is 2.94. The van der Waals surface area contributed by atoms with Crippen LogP contribution in [0.15, 0.2) is 6.20 Å². The zero-order valence-electron chi connectivity index (χ0n) is 9.66. The Morgan fingerprint density at radius 2 is 2.06 bits per heavy atom. The van der Waals surface area contributed by atoms with Crippen LogP contribution in [0.3, 0.4) is 0 Å². The number of aromatic nitrogens is 2. The molecule has 0 radical (unpaired) electrons. The maximum atomic E-state index is 12.9. The minimum atomic E-state index is -0.559. The van der Waals surface area contributed by atoms with E-state index in [1.165, 1.54) is 25.9 Å². The summed E-state index contributed by atoms with van der Waals surface area (Å²) in [7, 11) is 0. The third-order valence-corrected chi connectivity index (χ3v) is 2.49. The number of hydrogen-bond acceptors (Lipinski definition) is 5.